The number of nitrogen functional groups attached to an aromatic ring is 3. The second kappa shape index (κ2) is 4.21. The Labute approximate surface area is 111 Å². The molecule has 0 atom stereocenters. The summed E-state index contributed by atoms with van der Waals surface area (Å²) in [4.78, 5) is 0. The highest BCUT2D eigenvalue weighted by Gasteiger charge is 2.07. The van der Waals surface area contributed by atoms with Gasteiger partial charge < -0.3 is 17.2 Å². The molecule has 3 heteroatoms. The fraction of sp³-hybridized carbons (Fsp3) is 0. The first kappa shape index (κ1) is 11.4. The Morgan fingerprint density at radius 3 is 2.16 bits per heavy atom. The van der Waals surface area contributed by atoms with Crippen molar-refractivity contribution < 1.29 is 0 Å². The molecule has 0 saturated carbocycles. The molecule has 0 saturated heterocycles. The molecular weight excluding hydrogens is 234 g/mol. The molecule has 0 unspecified atom stereocenters. The first-order valence-corrected chi connectivity index (χ1v) is 6.09. The highest BCUT2D eigenvalue weighted by Crippen LogP contribution is 2.34. The zero-order valence-corrected chi connectivity index (χ0v) is 10.4. The van der Waals surface area contributed by atoms with E-state index in [2.05, 4.69) is 0 Å². The standard InChI is InChI=1S/C16H15N3/c17-12-6-11-7-15(18)13(9-14(11)16(19)8-12)10-4-2-1-3-5-10/h1-9H,17-19H2. The molecule has 0 aromatic heterocycles. The molecule has 0 fully saturated rings. The quantitative estimate of drug-likeness (QED) is 0.579. The highest BCUT2D eigenvalue weighted by molar-refractivity contribution is 6.01. The van der Waals surface area contributed by atoms with Crippen LogP contribution in [0.15, 0.2) is 54.6 Å². The number of rotatable bonds is 1. The molecular formula is C16H15N3. The summed E-state index contributed by atoms with van der Waals surface area (Å²) in [5, 5.41) is 1.94. The summed E-state index contributed by atoms with van der Waals surface area (Å²) in [6.07, 6.45) is 0. The summed E-state index contributed by atoms with van der Waals surface area (Å²) < 4.78 is 0. The minimum atomic E-state index is 0.650. The van der Waals surface area contributed by atoms with E-state index < -0.39 is 0 Å². The van der Waals surface area contributed by atoms with Gasteiger partial charge in [0.05, 0.1) is 0 Å². The van der Waals surface area contributed by atoms with Crippen molar-refractivity contribution in [2.45, 2.75) is 0 Å². The lowest BCUT2D eigenvalue weighted by molar-refractivity contribution is 1.63. The molecule has 3 aromatic rings. The lowest BCUT2D eigenvalue weighted by atomic mass is 9.98. The van der Waals surface area contributed by atoms with Crippen LogP contribution in [0.25, 0.3) is 21.9 Å². The Kier molecular flexibility index (Phi) is 2.53. The number of nitrogens with two attached hydrogens (primary N) is 3. The van der Waals surface area contributed by atoms with Crippen molar-refractivity contribution >= 4 is 27.8 Å². The molecule has 0 heterocycles. The molecule has 3 aromatic carbocycles. The van der Waals surface area contributed by atoms with E-state index >= 15 is 0 Å². The van der Waals surface area contributed by atoms with Gasteiger partial charge in [0.25, 0.3) is 0 Å². The van der Waals surface area contributed by atoms with Crippen LogP contribution in [0.3, 0.4) is 0 Å². The topological polar surface area (TPSA) is 78.1 Å². The van der Waals surface area contributed by atoms with Crippen LogP contribution in [0.5, 0.6) is 0 Å². The van der Waals surface area contributed by atoms with Gasteiger partial charge in [-0.15, -0.1) is 0 Å². The average molecular weight is 249 g/mol. The largest absolute Gasteiger partial charge is 0.399 e. The third-order valence-corrected chi connectivity index (χ3v) is 3.26. The molecule has 0 radical (unpaired) electrons. The molecule has 19 heavy (non-hydrogen) atoms. The smallest absolute Gasteiger partial charge is 0.0414 e. The van der Waals surface area contributed by atoms with E-state index in [9.17, 15) is 0 Å². The van der Waals surface area contributed by atoms with Crippen molar-refractivity contribution in [1.82, 2.24) is 0 Å². The molecule has 3 rings (SSSR count). The molecule has 0 aliphatic rings. The number of hydrogen-bond acceptors (Lipinski definition) is 3. The van der Waals surface area contributed by atoms with Gasteiger partial charge in [-0.2, -0.15) is 0 Å². The molecule has 0 amide bonds. The Morgan fingerprint density at radius 1 is 0.684 bits per heavy atom. The maximum atomic E-state index is 6.14. The summed E-state index contributed by atoms with van der Waals surface area (Å²) in [6, 6.07) is 17.6. The SMILES string of the molecule is Nc1cc(N)c2cc(-c3ccccc3)c(N)cc2c1. The predicted molar refractivity (Wildman–Crippen MR) is 82.6 cm³/mol. The van der Waals surface area contributed by atoms with Crippen LogP contribution in [-0.2, 0) is 0 Å². The third kappa shape index (κ3) is 1.95. The molecule has 6 N–H and O–H groups in total. The maximum Gasteiger partial charge on any atom is 0.0414 e. The lowest BCUT2D eigenvalue weighted by Crippen LogP contribution is -1.95. The Morgan fingerprint density at radius 2 is 1.42 bits per heavy atom. The Balaban J connectivity index is 2.31. The average Bonchev–Trinajstić information content (AvgIpc) is 2.38. The lowest BCUT2D eigenvalue weighted by Gasteiger charge is -2.10. The van der Waals surface area contributed by atoms with Crippen LogP contribution in [0.2, 0.25) is 0 Å². The molecule has 0 bridgehead atoms. The number of anilines is 3. The zero-order chi connectivity index (χ0) is 13.4. The van der Waals surface area contributed by atoms with Crippen LogP contribution in [0.4, 0.5) is 17.1 Å². The van der Waals surface area contributed by atoms with Crippen LogP contribution in [-0.4, -0.2) is 0 Å². The van der Waals surface area contributed by atoms with Crippen molar-refractivity contribution in [2.24, 2.45) is 0 Å². The van der Waals surface area contributed by atoms with Crippen molar-refractivity contribution in [2.75, 3.05) is 17.2 Å². The first-order chi connectivity index (χ1) is 9.15. The second-order valence-electron chi connectivity index (χ2n) is 4.64. The summed E-state index contributed by atoms with van der Waals surface area (Å²) in [5.41, 5.74) is 22.1. The van der Waals surface area contributed by atoms with Crippen molar-refractivity contribution in [3.8, 4) is 11.1 Å². The van der Waals surface area contributed by atoms with Gasteiger partial charge in [0.1, 0.15) is 0 Å². The second-order valence-corrected chi connectivity index (χ2v) is 4.64. The van der Waals surface area contributed by atoms with Crippen molar-refractivity contribution in [3.05, 3.63) is 54.6 Å². The van der Waals surface area contributed by atoms with E-state index in [0.717, 1.165) is 27.6 Å². The first-order valence-electron chi connectivity index (χ1n) is 6.09. The molecule has 94 valence electrons. The molecule has 3 nitrogen and oxygen atoms in total. The molecule has 0 spiro atoms. The summed E-state index contributed by atoms with van der Waals surface area (Å²) >= 11 is 0. The van der Waals surface area contributed by atoms with E-state index in [1.54, 1.807) is 6.07 Å². The number of benzene rings is 3. The highest BCUT2D eigenvalue weighted by atomic mass is 14.6. The van der Waals surface area contributed by atoms with Gasteiger partial charge >= 0.3 is 0 Å². The fourth-order valence-electron chi connectivity index (χ4n) is 2.35. The Bertz CT molecular complexity index is 749. The van der Waals surface area contributed by atoms with Crippen LogP contribution in [0.1, 0.15) is 0 Å². The zero-order valence-electron chi connectivity index (χ0n) is 10.4. The van der Waals surface area contributed by atoms with Crippen LogP contribution in [0, 0.1) is 0 Å². The van der Waals surface area contributed by atoms with E-state index in [1.165, 1.54) is 0 Å². The van der Waals surface area contributed by atoms with Crippen LogP contribution >= 0.6 is 0 Å². The third-order valence-electron chi connectivity index (χ3n) is 3.26. The maximum absolute atomic E-state index is 6.14. The van der Waals surface area contributed by atoms with Gasteiger partial charge in [-0.1, -0.05) is 30.3 Å². The predicted octanol–water partition coefficient (Wildman–Crippen LogP) is 3.25. The minimum Gasteiger partial charge on any atom is -0.399 e. The minimum absolute atomic E-state index is 0.650. The number of fused-ring (bicyclic) bond motifs is 1. The van der Waals surface area contributed by atoms with E-state index in [1.807, 2.05) is 48.5 Å². The van der Waals surface area contributed by atoms with Gasteiger partial charge in [-0.05, 0) is 35.2 Å². The van der Waals surface area contributed by atoms with E-state index in [-0.39, 0.29) is 0 Å². The monoisotopic (exact) mass is 249 g/mol. The van der Waals surface area contributed by atoms with Crippen molar-refractivity contribution in [3.63, 3.8) is 0 Å². The van der Waals surface area contributed by atoms with E-state index in [4.69, 9.17) is 17.2 Å². The number of hydrogen-bond donors (Lipinski definition) is 3. The van der Waals surface area contributed by atoms with Gasteiger partial charge in [-0.25, -0.2) is 0 Å². The normalized spacial score (nSPS) is 10.7. The Hall–Kier alpha value is -2.68. The summed E-state index contributed by atoms with van der Waals surface area (Å²) in [5.74, 6) is 0. The fourth-order valence-corrected chi connectivity index (χ4v) is 2.35. The van der Waals surface area contributed by atoms with Crippen LogP contribution < -0.4 is 17.2 Å². The summed E-state index contributed by atoms with van der Waals surface area (Å²) in [7, 11) is 0. The molecule has 0 aliphatic carbocycles. The van der Waals surface area contributed by atoms with Crippen molar-refractivity contribution in [1.29, 1.82) is 0 Å². The van der Waals surface area contributed by atoms with Gasteiger partial charge in [0.15, 0.2) is 0 Å². The van der Waals surface area contributed by atoms with Gasteiger partial charge in [-0.3, -0.25) is 0 Å². The summed E-state index contributed by atoms with van der Waals surface area (Å²) in [6.45, 7) is 0. The van der Waals surface area contributed by atoms with Gasteiger partial charge in [0, 0.05) is 28.0 Å². The van der Waals surface area contributed by atoms with E-state index in [0.29, 0.717) is 11.4 Å². The molecule has 0 aliphatic heterocycles. The van der Waals surface area contributed by atoms with Gasteiger partial charge in [0.2, 0.25) is 0 Å².